The number of aromatic nitrogens is 2. The van der Waals surface area contributed by atoms with Gasteiger partial charge in [-0.3, -0.25) is 4.98 Å². The van der Waals surface area contributed by atoms with Crippen LogP contribution in [-0.4, -0.2) is 30.1 Å². The van der Waals surface area contributed by atoms with Crippen molar-refractivity contribution in [1.82, 2.24) is 15.3 Å². The summed E-state index contributed by atoms with van der Waals surface area (Å²) in [5, 5.41) is 6.47. The van der Waals surface area contributed by atoms with E-state index in [1.165, 1.54) is 0 Å². The minimum Gasteiger partial charge on any atom is -0.368 e. The molecule has 0 aliphatic rings. The summed E-state index contributed by atoms with van der Waals surface area (Å²) in [6.07, 6.45) is 1.79. The highest BCUT2D eigenvalue weighted by Gasteiger charge is 2.02. The molecule has 0 bridgehead atoms. The van der Waals surface area contributed by atoms with Gasteiger partial charge in [0.1, 0.15) is 5.82 Å². The predicted molar refractivity (Wildman–Crippen MR) is 71.1 cm³/mol. The molecular formula is C13H18N4. The lowest BCUT2D eigenvalue weighted by Crippen LogP contribution is -2.23. The summed E-state index contributed by atoms with van der Waals surface area (Å²) in [7, 11) is 1.96. The van der Waals surface area contributed by atoms with Crippen LogP contribution >= 0.6 is 0 Å². The minimum absolute atomic E-state index is 0.563. The topological polar surface area (TPSA) is 49.8 Å². The molecule has 0 radical (unpaired) electrons. The van der Waals surface area contributed by atoms with Crippen LogP contribution in [0.3, 0.4) is 0 Å². The second kappa shape index (κ2) is 5.59. The number of hydrogen-bond acceptors (Lipinski definition) is 4. The van der Waals surface area contributed by atoms with Crippen LogP contribution in [0.25, 0.3) is 11.0 Å². The van der Waals surface area contributed by atoms with E-state index in [-0.39, 0.29) is 0 Å². The SMILES string of the molecule is CNCC(C)CNc1cnc2ccccc2n1. The fraction of sp³-hybridized carbons (Fsp3) is 0.385. The Hall–Kier alpha value is -1.68. The molecule has 0 fully saturated rings. The van der Waals surface area contributed by atoms with Crippen LogP contribution in [0.15, 0.2) is 30.5 Å². The summed E-state index contributed by atoms with van der Waals surface area (Å²) in [5.74, 6) is 1.40. The summed E-state index contributed by atoms with van der Waals surface area (Å²) in [5.41, 5.74) is 1.86. The van der Waals surface area contributed by atoms with Gasteiger partial charge in [-0.1, -0.05) is 19.1 Å². The van der Waals surface area contributed by atoms with Crippen molar-refractivity contribution < 1.29 is 0 Å². The highest BCUT2D eigenvalue weighted by molar-refractivity contribution is 5.75. The number of rotatable bonds is 5. The number of nitrogens with zero attached hydrogens (tertiary/aromatic N) is 2. The number of nitrogens with one attached hydrogen (secondary N) is 2. The molecule has 1 unspecified atom stereocenters. The molecule has 4 nitrogen and oxygen atoms in total. The zero-order valence-corrected chi connectivity index (χ0v) is 10.3. The Morgan fingerprint density at radius 3 is 2.71 bits per heavy atom. The minimum atomic E-state index is 0.563. The van der Waals surface area contributed by atoms with Gasteiger partial charge in [0, 0.05) is 6.54 Å². The molecule has 0 aliphatic carbocycles. The molecule has 1 aromatic heterocycles. The van der Waals surface area contributed by atoms with Crippen molar-refractivity contribution in [2.24, 2.45) is 5.92 Å². The number of para-hydroxylation sites is 2. The lowest BCUT2D eigenvalue weighted by Gasteiger charge is -2.12. The fourth-order valence-electron chi connectivity index (χ4n) is 1.74. The molecule has 17 heavy (non-hydrogen) atoms. The largest absolute Gasteiger partial charge is 0.368 e. The Bertz CT molecular complexity index is 484. The van der Waals surface area contributed by atoms with Gasteiger partial charge in [0.2, 0.25) is 0 Å². The lowest BCUT2D eigenvalue weighted by atomic mass is 10.2. The van der Waals surface area contributed by atoms with Crippen LogP contribution in [-0.2, 0) is 0 Å². The Morgan fingerprint density at radius 2 is 1.94 bits per heavy atom. The zero-order chi connectivity index (χ0) is 12.1. The number of benzene rings is 1. The first-order chi connectivity index (χ1) is 8.29. The van der Waals surface area contributed by atoms with Crippen LogP contribution in [0.2, 0.25) is 0 Å². The standard InChI is InChI=1S/C13H18N4/c1-10(7-14-2)8-16-13-9-15-11-5-3-4-6-12(11)17-13/h3-6,9-10,14H,7-8H2,1-2H3,(H,16,17). The molecular weight excluding hydrogens is 212 g/mol. The van der Waals surface area contributed by atoms with Crippen molar-refractivity contribution >= 4 is 16.9 Å². The Balaban J connectivity index is 2.04. The van der Waals surface area contributed by atoms with Crippen molar-refractivity contribution in [2.45, 2.75) is 6.92 Å². The summed E-state index contributed by atoms with van der Waals surface area (Å²) in [4.78, 5) is 8.88. The van der Waals surface area contributed by atoms with Gasteiger partial charge >= 0.3 is 0 Å². The van der Waals surface area contributed by atoms with Crippen LogP contribution in [0.5, 0.6) is 0 Å². The quantitative estimate of drug-likeness (QED) is 0.823. The number of fused-ring (bicyclic) bond motifs is 1. The van der Waals surface area contributed by atoms with Gasteiger partial charge in [0.15, 0.2) is 0 Å². The number of anilines is 1. The maximum atomic E-state index is 4.51. The first kappa shape index (κ1) is 11.8. The molecule has 2 N–H and O–H groups in total. The van der Waals surface area contributed by atoms with Gasteiger partial charge in [-0.15, -0.1) is 0 Å². The third kappa shape index (κ3) is 3.14. The predicted octanol–water partition coefficient (Wildman–Crippen LogP) is 1.90. The van der Waals surface area contributed by atoms with E-state index >= 15 is 0 Å². The Labute approximate surface area is 101 Å². The molecule has 1 atom stereocenters. The molecule has 2 aromatic rings. The Morgan fingerprint density at radius 1 is 1.18 bits per heavy atom. The van der Waals surface area contributed by atoms with E-state index in [9.17, 15) is 0 Å². The molecule has 1 heterocycles. The van der Waals surface area contributed by atoms with E-state index in [0.29, 0.717) is 5.92 Å². The molecule has 0 spiro atoms. The van der Waals surface area contributed by atoms with Gasteiger partial charge in [-0.05, 0) is 31.6 Å². The third-order valence-corrected chi connectivity index (χ3v) is 2.63. The second-order valence-electron chi connectivity index (χ2n) is 4.29. The summed E-state index contributed by atoms with van der Waals surface area (Å²) in [6.45, 7) is 4.08. The molecule has 0 amide bonds. The first-order valence-electron chi connectivity index (χ1n) is 5.90. The molecule has 0 saturated heterocycles. The monoisotopic (exact) mass is 230 g/mol. The molecule has 0 saturated carbocycles. The molecule has 90 valence electrons. The van der Waals surface area contributed by atoms with E-state index in [1.54, 1.807) is 6.20 Å². The van der Waals surface area contributed by atoms with E-state index in [4.69, 9.17) is 0 Å². The van der Waals surface area contributed by atoms with Gasteiger partial charge in [0.25, 0.3) is 0 Å². The van der Waals surface area contributed by atoms with Crippen molar-refractivity contribution in [3.05, 3.63) is 30.5 Å². The van der Waals surface area contributed by atoms with E-state index in [1.807, 2.05) is 31.3 Å². The zero-order valence-electron chi connectivity index (χ0n) is 10.3. The molecule has 0 aliphatic heterocycles. The highest BCUT2D eigenvalue weighted by atomic mass is 15.0. The fourth-order valence-corrected chi connectivity index (χ4v) is 1.74. The van der Waals surface area contributed by atoms with Crippen LogP contribution < -0.4 is 10.6 Å². The molecule has 1 aromatic carbocycles. The third-order valence-electron chi connectivity index (χ3n) is 2.63. The Kier molecular flexibility index (Phi) is 3.88. The van der Waals surface area contributed by atoms with Crippen molar-refractivity contribution in [1.29, 1.82) is 0 Å². The van der Waals surface area contributed by atoms with Gasteiger partial charge in [-0.25, -0.2) is 4.98 Å². The lowest BCUT2D eigenvalue weighted by molar-refractivity contribution is 0.569. The van der Waals surface area contributed by atoms with Gasteiger partial charge < -0.3 is 10.6 Å². The van der Waals surface area contributed by atoms with E-state index in [2.05, 4.69) is 27.5 Å². The normalized spacial score (nSPS) is 12.6. The summed E-state index contributed by atoms with van der Waals surface area (Å²) in [6, 6.07) is 7.89. The smallest absolute Gasteiger partial charge is 0.145 e. The highest BCUT2D eigenvalue weighted by Crippen LogP contribution is 2.11. The number of hydrogen-bond donors (Lipinski definition) is 2. The van der Waals surface area contributed by atoms with Crippen LogP contribution in [0, 0.1) is 5.92 Å². The average molecular weight is 230 g/mol. The molecule has 4 heteroatoms. The summed E-state index contributed by atoms with van der Waals surface area (Å²) < 4.78 is 0. The second-order valence-corrected chi connectivity index (χ2v) is 4.29. The maximum absolute atomic E-state index is 4.51. The van der Waals surface area contributed by atoms with Gasteiger partial charge in [0.05, 0.1) is 17.2 Å². The van der Waals surface area contributed by atoms with Crippen molar-refractivity contribution in [3.63, 3.8) is 0 Å². The average Bonchev–Trinajstić information content (AvgIpc) is 2.36. The van der Waals surface area contributed by atoms with Crippen LogP contribution in [0.1, 0.15) is 6.92 Å². The molecule has 2 rings (SSSR count). The maximum Gasteiger partial charge on any atom is 0.145 e. The van der Waals surface area contributed by atoms with E-state index in [0.717, 1.165) is 29.9 Å². The van der Waals surface area contributed by atoms with Gasteiger partial charge in [-0.2, -0.15) is 0 Å². The van der Waals surface area contributed by atoms with Crippen LogP contribution in [0.4, 0.5) is 5.82 Å². The summed E-state index contributed by atoms with van der Waals surface area (Å²) >= 11 is 0. The first-order valence-corrected chi connectivity index (χ1v) is 5.90. The van der Waals surface area contributed by atoms with E-state index < -0.39 is 0 Å². The van der Waals surface area contributed by atoms with Crippen molar-refractivity contribution in [3.8, 4) is 0 Å². The van der Waals surface area contributed by atoms with Crippen molar-refractivity contribution in [2.75, 3.05) is 25.5 Å².